The zero-order valence-corrected chi connectivity index (χ0v) is 16.6. The standard InChI is InChI=1S/C21H25FN2O3S/c22-19-8-6-18(7-9-19)21-5-2-10-23(21)16-17-3-1-4-20(15-17)28(25,26)24-11-13-27-14-12-24/h1,3-4,6-9,15,21H,2,5,10-14,16H2/t21-/m0/s1. The summed E-state index contributed by atoms with van der Waals surface area (Å²) in [6.45, 7) is 3.28. The number of likely N-dealkylation sites (tertiary alicyclic amines) is 1. The summed E-state index contributed by atoms with van der Waals surface area (Å²) in [5, 5.41) is 0. The van der Waals surface area contributed by atoms with E-state index in [0.29, 0.717) is 37.7 Å². The lowest BCUT2D eigenvalue weighted by Crippen LogP contribution is -2.40. The van der Waals surface area contributed by atoms with E-state index in [1.807, 2.05) is 24.3 Å². The van der Waals surface area contributed by atoms with Crippen molar-refractivity contribution in [2.45, 2.75) is 30.3 Å². The Morgan fingerprint density at radius 1 is 1.04 bits per heavy atom. The molecule has 0 aromatic heterocycles. The molecule has 0 N–H and O–H groups in total. The van der Waals surface area contributed by atoms with Gasteiger partial charge in [-0.05, 0) is 54.8 Å². The third-order valence-electron chi connectivity index (χ3n) is 5.51. The number of ether oxygens (including phenoxy) is 1. The summed E-state index contributed by atoms with van der Waals surface area (Å²) < 4.78 is 45.8. The van der Waals surface area contributed by atoms with E-state index < -0.39 is 10.0 Å². The molecule has 0 bridgehead atoms. The van der Waals surface area contributed by atoms with Crippen molar-refractivity contribution in [3.63, 3.8) is 0 Å². The number of sulfonamides is 1. The van der Waals surface area contributed by atoms with Crippen LogP contribution in [0.5, 0.6) is 0 Å². The van der Waals surface area contributed by atoms with Gasteiger partial charge in [-0.15, -0.1) is 0 Å². The first-order valence-corrected chi connectivity index (χ1v) is 11.1. The van der Waals surface area contributed by atoms with Crippen LogP contribution in [0.3, 0.4) is 0 Å². The van der Waals surface area contributed by atoms with E-state index in [0.717, 1.165) is 30.5 Å². The zero-order chi connectivity index (χ0) is 19.6. The van der Waals surface area contributed by atoms with Crippen molar-refractivity contribution in [1.82, 2.24) is 9.21 Å². The van der Waals surface area contributed by atoms with Crippen LogP contribution >= 0.6 is 0 Å². The summed E-state index contributed by atoms with van der Waals surface area (Å²) in [6, 6.07) is 14.2. The molecule has 7 heteroatoms. The molecule has 5 nitrogen and oxygen atoms in total. The second-order valence-corrected chi connectivity index (χ2v) is 9.28. The number of hydrogen-bond acceptors (Lipinski definition) is 4. The van der Waals surface area contributed by atoms with Crippen molar-refractivity contribution in [2.75, 3.05) is 32.8 Å². The molecular formula is C21H25FN2O3S. The first-order valence-electron chi connectivity index (χ1n) is 9.70. The van der Waals surface area contributed by atoms with Gasteiger partial charge in [0.2, 0.25) is 10.0 Å². The molecule has 1 atom stereocenters. The van der Waals surface area contributed by atoms with Crippen LogP contribution in [0.25, 0.3) is 0 Å². The lowest BCUT2D eigenvalue weighted by molar-refractivity contribution is 0.0730. The molecule has 150 valence electrons. The van der Waals surface area contributed by atoms with Crippen LogP contribution in [-0.4, -0.2) is 50.5 Å². The number of benzene rings is 2. The van der Waals surface area contributed by atoms with E-state index >= 15 is 0 Å². The molecule has 0 radical (unpaired) electrons. The number of nitrogens with zero attached hydrogens (tertiary/aromatic N) is 2. The van der Waals surface area contributed by atoms with Crippen LogP contribution in [0.15, 0.2) is 53.4 Å². The quantitative estimate of drug-likeness (QED) is 0.768. The van der Waals surface area contributed by atoms with Gasteiger partial charge in [0, 0.05) is 25.7 Å². The summed E-state index contributed by atoms with van der Waals surface area (Å²) in [5.74, 6) is -0.227. The number of halogens is 1. The molecule has 28 heavy (non-hydrogen) atoms. The van der Waals surface area contributed by atoms with Gasteiger partial charge in [0.15, 0.2) is 0 Å². The van der Waals surface area contributed by atoms with E-state index in [4.69, 9.17) is 4.74 Å². The summed E-state index contributed by atoms with van der Waals surface area (Å²) >= 11 is 0. The van der Waals surface area contributed by atoms with E-state index in [1.165, 1.54) is 16.4 Å². The van der Waals surface area contributed by atoms with Crippen molar-refractivity contribution in [3.05, 3.63) is 65.5 Å². The van der Waals surface area contributed by atoms with Gasteiger partial charge in [0.05, 0.1) is 18.1 Å². The highest BCUT2D eigenvalue weighted by molar-refractivity contribution is 7.89. The first kappa shape index (κ1) is 19.5. The minimum atomic E-state index is -3.50. The van der Waals surface area contributed by atoms with Crippen molar-refractivity contribution in [2.24, 2.45) is 0 Å². The van der Waals surface area contributed by atoms with E-state index in [1.54, 1.807) is 12.1 Å². The normalized spacial score (nSPS) is 21.8. The summed E-state index contributed by atoms with van der Waals surface area (Å²) in [6.07, 6.45) is 2.10. The minimum Gasteiger partial charge on any atom is -0.379 e. The maximum atomic E-state index is 13.2. The smallest absolute Gasteiger partial charge is 0.243 e. The Bertz CT molecular complexity index is 912. The molecule has 0 saturated carbocycles. The molecule has 0 spiro atoms. The molecule has 4 rings (SSSR count). The molecule has 0 amide bonds. The Morgan fingerprint density at radius 3 is 2.54 bits per heavy atom. The van der Waals surface area contributed by atoms with E-state index in [2.05, 4.69) is 4.90 Å². The first-order chi connectivity index (χ1) is 13.5. The van der Waals surface area contributed by atoms with Crippen LogP contribution in [-0.2, 0) is 21.3 Å². The average Bonchev–Trinajstić information content (AvgIpc) is 3.17. The second-order valence-electron chi connectivity index (χ2n) is 7.34. The average molecular weight is 405 g/mol. The number of hydrogen-bond donors (Lipinski definition) is 0. The molecule has 2 aromatic carbocycles. The van der Waals surface area contributed by atoms with Crippen LogP contribution < -0.4 is 0 Å². The Labute approximate surface area is 165 Å². The van der Waals surface area contributed by atoms with Crippen molar-refractivity contribution < 1.29 is 17.5 Å². The van der Waals surface area contributed by atoms with Gasteiger partial charge < -0.3 is 4.74 Å². The van der Waals surface area contributed by atoms with Gasteiger partial charge in [-0.3, -0.25) is 4.90 Å². The van der Waals surface area contributed by atoms with Crippen molar-refractivity contribution in [1.29, 1.82) is 0 Å². The predicted octanol–water partition coefficient (Wildman–Crippen LogP) is 3.18. The van der Waals surface area contributed by atoms with Gasteiger partial charge in [-0.2, -0.15) is 4.31 Å². The SMILES string of the molecule is O=S(=O)(c1cccc(CN2CCC[C@H]2c2ccc(F)cc2)c1)N1CCOCC1. The fraction of sp³-hybridized carbons (Fsp3) is 0.429. The highest BCUT2D eigenvalue weighted by Gasteiger charge is 2.28. The van der Waals surface area contributed by atoms with Crippen LogP contribution in [0.4, 0.5) is 4.39 Å². The molecule has 2 aliphatic rings. The Balaban J connectivity index is 1.52. The monoisotopic (exact) mass is 404 g/mol. The van der Waals surface area contributed by atoms with Crippen molar-refractivity contribution in [3.8, 4) is 0 Å². The molecule has 2 aromatic rings. The number of morpholine rings is 1. The molecule has 2 fully saturated rings. The maximum absolute atomic E-state index is 13.2. The fourth-order valence-corrected chi connectivity index (χ4v) is 5.53. The Kier molecular flexibility index (Phi) is 5.78. The van der Waals surface area contributed by atoms with E-state index in [-0.39, 0.29) is 11.9 Å². The third kappa shape index (κ3) is 4.12. The maximum Gasteiger partial charge on any atom is 0.243 e. The zero-order valence-electron chi connectivity index (χ0n) is 15.8. The van der Waals surface area contributed by atoms with Gasteiger partial charge in [-0.1, -0.05) is 24.3 Å². The summed E-state index contributed by atoms with van der Waals surface area (Å²) in [7, 11) is -3.50. The molecule has 0 unspecified atom stereocenters. The topological polar surface area (TPSA) is 49.9 Å². The van der Waals surface area contributed by atoms with E-state index in [9.17, 15) is 12.8 Å². The summed E-state index contributed by atoms with van der Waals surface area (Å²) in [5.41, 5.74) is 2.08. The Hall–Kier alpha value is -1.80. The van der Waals surface area contributed by atoms with Gasteiger partial charge in [-0.25, -0.2) is 12.8 Å². The van der Waals surface area contributed by atoms with Gasteiger partial charge >= 0.3 is 0 Å². The molecular weight excluding hydrogens is 379 g/mol. The number of rotatable bonds is 5. The molecule has 2 saturated heterocycles. The van der Waals surface area contributed by atoms with Gasteiger partial charge in [0.1, 0.15) is 5.82 Å². The lowest BCUT2D eigenvalue weighted by atomic mass is 10.0. The lowest BCUT2D eigenvalue weighted by Gasteiger charge is -2.27. The Morgan fingerprint density at radius 2 is 1.79 bits per heavy atom. The highest BCUT2D eigenvalue weighted by Crippen LogP contribution is 2.33. The molecule has 0 aliphatic carbocycles. The van der Waals surface area contributed by atoms with Crippen LogP contribution in [0.1, 0.15) is 30.0 Å². The molecule has 2 heterocycles. The molecule has 2 aliphatic heterocycles. The highest BCUT2D eigenvalue weighted by atomic mass is 32.2. The predicted molar refractivity (Wildman–Crippen MR) is 105 cm³/mol. The summed E-state index contributed by atoms with van der Waals surface area (Å²) in [4.78, 5) is 2.68. The van der Waals surface area contributed by atoms with Crippen LogP contribution in [0, 0.1) is 5.82 Å². The largest absolute Gasteiger partial charge is 0.379 e. The van der Waals surface area contributed by atoms with Crippen LogP contribution in [0.2, 0.25) is 0 Å². The van der Waals surface area contributed by atoms with Gasteiger partial charge in [0.25, 0.3) is 0 Å². The second kappa shape index (κ2) is 8.29. The minimum absolute atomic E-state index is 0.227. The third-order valence-corrected chi connectivity index (χ3v) is 7.41. The fourth-order valence-electron chi connectivity index (χ4n) is 4.05. The van der Waals surface area contributed by atoms with Crippen molar-refractivity contribution >= 4 is 10.0 Å².